The van der Waals surface area contributed by atoms with Crippen molar-refractivity contribution in [2.75, 3.05) is 13.1 Å². The molecule has 0 aliphatic carbocycles. The number of amides is 1. The van der Waals surface area contributed by atoms with Gasteiger partial charge in [-0.3, -0.25) is 4.79 Å². The van der Waals surface area contributed by atoms with E-state index < -0.39 is 0 Å². The standard InChI is InChI=1S/C16H21ClN4O2/c17-13-7-5-12(6-8-13)16-20-15(23-21-16)9-11-19-14(22)4-2-1-3-10-18/h5-8H,1-4,9-11,18H2,(H,19,22). The monoisotopic (exact) mass is 336 g/mol. The first-order valence-corrected chi connectivity index (χ1v) is 8.12. The largest absolute Gasteiger partial charge is 0.356 e. The molecule has 0 saturated carbocycles. The van der Waals surface area contributed by atoms with Crippen molar-refractivity contribution in [1.29, 1.82) is 0 Å². The van der Waals surface area contributed by atoms with Crippen LogP contribution in [0, 0.1) is 0 Å². The van der Waals surface area contributed by atoms with Crippen LogP contribution in [-0.4, -0.2) is 29.1 Å². The maximum atomic E-state index is 11.6. The third-order valence-electron chi connectivity index (χ3n) is 3.34. The van der Waals surface area contributed by atoms with Crippen LogP contribution >= 0.6 is 11.6 Å². The summed E-state index contributed by atoms with van der Waals surface area (Å²) >= 11 is 5.85. The number of rotatable bonds is 9. The first-order chi connectivity index (χ1) is 11.2. The van der Waals surface area contributed by atoms with Gasteiger partial charge in [0.25, 0.3) is 0 Å². The molecule has 0 aliphatic rings. The minimum Gasteiger partial charge on any atom is -0.356 e. The Kier molecular flexibility index (Phi) is 7.03. The number of aromatic nitrogens is 2. The summed E-state index contributed by atoms with van der Waals surface area (Å²) in [6.45, 7) is 1.16. The van der Waals surface area contributed by atoms with E-state index in [1.165, 1.54) is 0 Å². The SMILES string of the molecule is NCCCCCC(=O)NCCc1nc(-c2ccc(Cl)cc2)no1. The lowest BCUT2D eigenvalue weighted by molar-refractivity contribution is -0.121. The molecule has 2 rings (SSSR count). The summed E-state index contributed by atoms with van der Waals surface area (Å²) in [6, 6.07) is 7.22. The Balaban J connectivity index is 1.72. The lowest BCUT2D eigenvalue weighted by Crippen LogP contribution is -2.25. The summed E-state index contributed by atoms with van der Waals surface area (Å²) in [5, 5.41) is 7.44. The Morgan fingerprint density at radius 2 is 2.00 bits per heavy atom. The predicted molar refractivity (Wildman–Crippen MR) is 89.0 cm³/mol. The van der Waals surface area contributed by atoms with Gasteiger partial charge in [0.2, 0.25) is 17.6 Å². The number of carbonyl (C=O) groups excluding carboxylic acids is 1. The highest BCUT2D eigenvalue weighted by Crippen LogP contribution is 2.18. The summed E-state index contributed by atoms with van der Waals surface area (Å²) in [5.41, 5.74) is 6.25. The lowest BCUT2D eigenvalue weighted by atomic mass is 10.2. The maximum absolute atomic E-state index is 11.6. The number of carbonyl (C=O) groups is 1. The molecular formula is C16H21ClN4O2. The summed E-state index contributed by atoms with van der Waals surface area (Å²) in [6.07, 6.45) is 3.85. The van der Waals surface area contributed by atoms with Crippen LogP contribution in [-0.2, 0) is 11.2 Å². The predicted octanol–water partition coefficient (Wildman–Crippen LogP) is 2.57. The van der Waals surface area contributed by atoms with Crippen molar-refractivity contribution in [3.8, 4) is 11.4 Å². The van der Waals surface area contributed by atoms with Crippen LogP contribution < -0.4 is 11.1 Å². The van der Waals surface area contributed by atoms with Crippen LogP contribution in [0.1, 0.15) is 31.6 Å². The number of nitrogens with zero attached hydrogens (tertiary/aromatic N) is 2. The van der Waals surface area contributed by atoms with Gasteiger partial charge in [-0.05, 0) is 43.7 Å². The Hall–Kier alpha value is -1.92. The second-order valence-electron chi connectivity index (χ2n) is 5.22. The van der Waals surface area contributed by atoms with E-state index in [1.807, 2.05) is 12.1 Å². The average molecular weight is 337 g/mol. The van der Waals surface area contributed by atoms with Gasteiger partial charge in [0.1, 0.15) is 0 Å². The Bertz CT molecular complexity index is 613. The molecule has 6 nitrogen and oxygen atoms in total. The van der Waals surface area contributed by atoms with Crippen molar-refractivity contribution in [2.24, 2.45) is 5.73 Å². The molecule has 0 radical (unpaired) electrons. The fourth-order valence-electron chi connectivity index (χ4n) is 2.08. The normalized spacial score (nSPS) is 10.7. The summed E-state index contributed by atoms with van der Waals surface area (Å²) in [7, 11) is 0. The van der Waals surface area contributed by atoms with E-state index in [2.05, 4.69) is 15.5 Å². The van der Waals surface area contributed by atoms with E-state index in [-0.39, 0.29) is 5.91 Å². The van der Waals surface area contributed by atoms with Gasteiger partial charge in [0.05, 0.1) is 0 Å². The van der Waals surface area contributed by atoms with Gasteiger partial charge in [-0.2, -0.15) is 4.98 Å². The molecule has 23 heavy (non-hydrogen) atoms. The highest BCUT2D eigenvalue weighted by Gasteiger charge is 2.09. The fourth-order valence-corrected chi connectivity index (χ4v) is 2.20. The van der Waals surface area contributed by atoms with Crippen LogP contribution in [0.5, 0.6) is 0 Å². The molecule has 0 aliphatic heterocycles. The van der Waals surface area contributed by atoms with Crippen LogP contribution in [0.3, 0.4) is 0 Å². The quantitative estimate of drug-likeness (QED) is 0.686. The van der Waals surface area contributed by atoms with Crippen molar-refractivity contribution in [3.05, 3.63) is 35.2 Å². The Morgan fingerprint density at radius 1 is 1.22 bits per heavy atom. The van der Waals surface area contributed by atoms with E-state index in [0.717, 1.165) is 24.8 Å². The molecule has 1 amide bonds. The van der Waals surface area contributed by atoms with Crippen LogP contribution in [0.2, 0.25) is 5.02 Å². The highest BCUT2D eigenvalue weighted by atomic mass is 35.5. The van der Waals surface area contributed by atoms with Crippen LogP contribution in [0.15, 0.2) is 28.8 Å². The third-order valence-corrected chi connectivity index (χ3v) is 3.59. The number of halogens is 1. The van der Waals surface area contributed by atoms with E-state index in [1.54, 1.807) is 12.1 Å². The van der Waals surface area contributed by atoms with Crippen molar-refractivity contribution >= 4 is 17.5 Å². The highest BCUT2D eigenvalue weighted by molar-refractivity contribution is 6.30. The number of benzene rings is 1. The molecule has 1 aromatic carbocycles. The van der Waals surface area contributed by atoms with Crippen molar-refractivity contribution < 1.29 is 9.32 Å². The van der Waals surface area contributed by atoms with E-state index in [4.69, 9.17) is 21.9 Å². The molecule has 1 heterocycles. The first-order valence-electron chi connectivity index (χ1n) is 7.74. The second kappa shape index (κ2) is 9.27. The van der Waals surface area contributed by atoms with Gasteiger partial charge in [-0.15, -0.1) is 0 Å². The molecule has 0 bridgehead atoms. The minimum absolute atomic E-state index is 0.0412. The van der Waals surface area contributed by atoms with Crippen molar-refractivity contribution in [1.82, 2.24) is 15.5 Å². The van der Waals surface area contributed by atoms with Gasteiger partial charge >= 0.3 is 0 Å². The van der Waals surface area contributed by atoms with Crippen molar-refractivity contribution in [3.63, 3.8) is 0 Å². The van der Waals surface area contributed by atoms with Crippen molar-refractivity contribution in [2.45, 2.75) is 32.1 Å². The van der Waals surface area contributed by atoms with Crippen LogP contribution in [0.25, 0.3) is 11.4 Å². The van der Waals surface area contributed by atoms with E-state index >= 15 is 0 Å². The van der Waals surface area contributed by atoms with E-state index in [0.29, 0.717) is 42.7 Å². The molecule has 0 fully saturated rings. The van der Waals surface area contributed by atoms with Gasteiger partial charge in [-0.25, -0.2) is 0 Å². The molecule has 7 heteroatoms. The van der Waals surface area contributed by atoms with Crippen LogP contribution in [0.4, 0.5) is 0 Å². The lowest BCUT2D eigenvalue weighted by Gasteiger charge is -2.02. The molecule has 0 spiro atoms. The zero-order chi connectivity index (χ0) is 16.5. The maximum Gasteiger partial charge on any atom is 0.228 e. The summed E-state index contributed by atoms with van der Waals surface area (Å²) < 4.78 is 5.18. The minimum atomic E-state index is 0.0412. The fraction of sp³-hybridized carbons (Fsp3) is 0.438. The van der Waals surface area contributed by atoms with E-state index in [9.17, 15) is 4.79 Å². The second-order valence-corrected chi connectivity index (χ2v) is 5.65. The molecule has 1 aromatic heterocycles. The van der Waals surface area contributed by atoms with Gasteiger partial charge in [-0.1, -0.05) is 23.2 Å². The number of nitrogens with two attached hydrogens (primary N) is 1. The van der Waals surface area contributed by atoms with Gasteiger partial charge in [0, 0.05) is 30.0 Å². The van der Waals surface area contributed by atoms with Gasteiger partial charge < -0.3 is 15.6 Å². The number of nitrogens with one attached hydrogen (secondary N) is 1. The molecule has 0 saturated heterocycles. The molecule has 0 atom stereocenters. The Labute approximate surface area is 140 Å². The first kappa shape index (κ1) is 17.4. The number of unbranched alkanes of at least 4 members (excludes halogenated alkanes) is 2. The zero-order valence-electron chi connectivity index (χ0n) is 12.9. The molecule has 2 aromatic rings. The number of hydrogen-bond acceptors (Lipinski definition) is 5. The topological polar surface area (TPSA) is 94.0 Å². The average Bonchev–Trinajstić information content (AvgIpc) is 3.01. The smallest absolute Gasteiger partial charge is 0.228 e. The molecular weight excluding hydrogens is 316 g/mol. The molecule has 124 valence electrons. The summed E-state index contributed by atoms with van der Waals surface area (Å²) in [5.74, 6) is 1.06. The molecule has 3 N–H and O–H groups in total. The zero-order valence-corrected chi connectivity index (χ0v) is 13.7. The number of hydrogen-bond donors (Lipinski definition) is 2. The summed E-state index contributed by atoms with van der Waals surface area (Å²) in [4.78, 5) is 15.9. The third kappa shape index (κ3) is 6.00. The molecule has 0 unspecified atom stereocenters. The van der Waals surface area contributed by atoms with Gasteiger partial charge in [0.15, 0.2) is 0 Å². The Morgan fingerprint density at radius 3 is 2.74 bits per heavy atom.